The standard InChI is InChI=1S/C50H34FN7O3/c51-34-28-58(50(61)57-49(34)60)29-44(59)56-35-19-11-10-18-33(35)48-42-26-24-40(54-42)46(31-14-6-2-7-15-31)38-22-20-36(52-38)45(30-12-4-1-5-13-30)37-21-23-39(53-37)47(32-16-8-3-9-17-32)41-25-27-43(48)55-41/h1-28,52,55H,29H2,(H,56,59)(H,57,60,61). The number of aromatic amines is 3. The molecule has 0 saturated carbocycles. The van der Waals surface area contributed by atoms with Crippen molar-refractivity contribution in [2.45, 2.75) is 6.54 Å². The average Bonchev–Trinajstić information content (AvgIpc) is 4.13. The number of nitrogens with zero attached hydrogens (tertiary/aromatic N) is 3. The van der Waals surface area contributed by atoms with Gasteiger partial charge in [-0.3, -0.25) is 19.1 Å². The molecule has 11 heteroatoms. The normalized spacial score (nSPS) is 11.8. The maximum absolute atomic E-state index is 14.1. The third-order valence-corrected chi connectivity index (χ3v) is 10.7. The van der Waals surface area contributed by atoms with E-state index in [4.69, 9.17) is 9.97 Å². The van der Waals surface area contributed by atoms with Crippen molar-refractivity contribution in [3.8, 4) is 44.5 Å². The molecule has 2 aliphatic rings. The third-order valence-electron chi connectivity index (χ3n) is 10.7. The smallest absolute Gasteiger partial charge is 0.328 e. The lowest BCUT2D eigenvalue weighted by molar-refractivity contribution is -0.116. The van der Waals surface area contributed by atoms with Crippen LogP contribution in [0.1, 0.15) is 22.8 Å². The average molecular weight is 800 g/mol. The Bertz CT molecular complexity index is 3350. The van der Waals surface area contributed by atoms with Gasteiger partial charge in [-0.1, -0.05) is 109 Å². The fourth-order valence-corrected chi connectivity index (χ4v) is 7.97. The van der Waals surface area contributed by atoms with Gasteiger partial charge in [0, 0.05) is 55.6 Å². The van der Waals surface area contributed by atoms with Crippen LogP contribution >= 0.6 is 0 Å². The number of para-hydroxylation sites is 1. The Balaban J connectivity index is 1.28. The molecule has 10 rings (SSSR count). The minimum atomic E-state index is -1.17. The summed E-state index contributed by atoms with van der Waals surface area (Å²) in [5.74, 6) is -1.78. The van der Waals surface area contributed by atoms with Crippen molar-refractivity contribution >= 4 is 58.0 Å². The third kappa shape index (κ3) is 6.99. The Labute approximate surface area is 347 Å². The summed E-state index contributed by atoms with van der Waals surface area (Å²) in [5, 5.41) is 2.92. The van der Waals surface area contributed by atoms with Crippen LogP contribution in [0.2, 0.25) is 0 Å². The van der Waals surface area contributed by atoms with Gasteiger partial charge in [0.2, 0.25) is 11.7 Å². The van der Waals surface area contributed by atoms with E-state index in [0.29, 0.717) is 28.0 Å². The molecular weight excluding hydrogens is 766 g/mol. The zero-order valence-electron chi connectivity index (χ0n) is 32.3. The lowest BCUT2D eigenvalue weighted by Gasteiger charge is -2.13. The van der Waals surface area contributed by atoms with Crippen LogP contribution in [0.5, 0.6) is 0 Å². The summed E-state index contributed by atoms with van der Waals surface area (Å²) in [7, 11) is 0. The predicted octanol–water partition coefficient (Wildman–Crippen LogP) is 9.95. The van der Waals surface area contributed by atoms with E-state index in [9.17, 15) is 18.8 Å². The molecule has 8 bridgehead atoms. The summed E-state index contributed by atoms with van der Waals surface area (Å²) in [6.07, 6.45) is 8.78. The number of rotatable bonds is 7. The van der Waals surface area contributed by atoms with E-state index in [2.05, 4.69) is 69.9 Å². The monoisotopic (exact) mass is 799 g/mol. The fraction of sp³-hybridized carbons (Fsp3) is 0.0200. The second-order valence-electron chi connectivity index (χ2n) is 14.6. The molecule has 0 spiro atoms. The topological polar surface area (TPSA) is 141 Å². The second-order valence-corrected chi connectivity index (χ2v) is 14.6. The quantitative estimate of drug-likeness (QED) is 0.127. The molecule has 8 aromatic rings. The van der Waals surface area contributed by atoms with E-state index in [-0.39, 0.29) is 0 Å². The molecule has 1 amide bonds. The van der Waals surface area contributed by atoms with Gasteiger partial charge in [-0.2, -0.15) is 4.39 Å². The SMILES string of the molecule is O=C(Cn1cc(F)c(=O)[nH]c1=O)Nc1ccccc1-c1c2nc(c(-c3ccccc3)c3ccc([nH]3)c(-c3ccccc3)c3nc(c(-c4ccccc4)c4ccc1[nH]4)C=C3)C=C2. The maximum atomic E-state index is 14.1. The van der Waals surface area contributed by atoms with Crippen molar-refractivity contribution in [2.75, 3.05) is 5.32 Å². The minimum Gasteiger partial charge on any atom is -0.354 e. The highest BCUT2D eigenvalue weighted by Gasteiger charge is 2.21. The highest BCUT2D eigenvalue weighted by molar-refractivity contribution is 6.03. The molecule has 0 unspecified atom stereocenters. The first-order valence-corrected chi connectivity index (χ1v) is 19.6. The van der Waals surface area contributed by atoms with Gasteiger partial charge in [0.05, 0.1) is 29.0 Å². The number of nitrogens with one attached hydrogen (secondary N) is 4. The molecule has 0 atom stereocenters. The van der Waals surface area contributed by atoms with Crippen molar-refractivity contribution < 1.29 is 9.18 Å². The van der Waals surface area contributed by atoms with Crippen molar-refractivity contribution in [1.29, 1.82) is 0 Å². The van der Waals surface area contributed by atoms with Crippen LogP contribution in [0.4, 0.5) is 10.1 Å². The summed E-state index contributed by atoms with van der Waals surface area (Å²) in [4.78, 5) is 57.7. The zero-order valence-corrected chi connectivity index (χ0v) is 32.3. The van der Waals surface area contributed by atoms with Crippen molar-refractivity contribution in [1.82, 2.24) is 29.5 Å². The molecule has 0 saturated heterocycles. The highest BCUT2D eigenvalue weighted by Crippen LogP contribution is 2.39. The number of H-pyrrole nitrogens is 3. The molecular formula is C50H34FN7O3. The number of hydrogen-bond donors (Lipinski definition) is 4. The molecule has 0 aliphatic carbocycles. The number of carbonyl (C=O) groups is 1. The molecule has 61 heavy (non-hydrogen) atoms. The van der Waals surface area contributed by atoms with E-state index in [1.807, 2.05) is 102 Å². The van der Waals surface area contributed by atoms with Gasteiger partial charge in [0.1, 0.15) is 6.54 Å². The number of carbonyl (C=O) groups excluding carboxylic acids is 1. The number of fused-ring (bicyclic) bond motifs is 8. The number of benzene rings is 4. The minimum absolute atomic E-state index is 0.426. The molecule has 4 N–H and O–H groups in total. The van der Waals surface area contributed by atoms with E-state index in [1.165, 1.54) is 0 Å². The number of hydrogen-bond acceptors (Lipinski definition) is 5. The predicted molar refractivity (Wildman–Crippen MR) is 241 cm³/mol. The highest BCUT2D eigenvalue weighted by atomic mass is 19.1. The van der Waals surface area contributed by atoms with Gasteiger partial charge in [-0.25, -0.2) is 14.8 Å². The number of halogens is 1. The lowest BCUT2D eigenvalue weighted by atomic mass is 10.0. The molecule has 4 aromatic heterocycles. The van der Waals surface area contributed by atoms with Gasteiger partial charge in [0.25, 0.3) is 5.56 Å². The van der Waals surface area contributed by atoms with Gasteiger partial charge < -0.3 is 15.3 Å². The maximum Gasteiger partial charge on any atom is 0.328 e. The van der Waals surface area contributed by atoms with Crippen LogP contribution in [-0.4, -0.2) is 35.4 Å². The van der Waals surface area contributed by atoms with Crippen LogP contribution in [0.3, 0.4) is 0 Å². The van der Waals surface area contributed by atoms with Gasteiger partial charge >= 0.3 is 5.69 Å². The summed E-state index contributed by atoms with van der Waals surface area (Å²) in [6, 6.07) is 45.9. The number of anilines is 1. The Morgan fingerprint density at radius 3 is 1.41 bits per heavy atom. The second kappa shape index (κ2) is 15.4. The molecule has 10 nitrogen and oxygen atoms in total. The molecule has 4 aromatic carbocycles. The van der Waals surface area contributed by atoms with Crippen LogP contribution in [-0.2, 0) is 11.3 Å². The Morgan fingerprint density at radius 1 is 0.525 bits per heavy atom. The van der Waals surface area contributed by atoms with E-state index < -0.39 is 29.5 Å². The van der Waals surface area contributed by atoms with Crippen LogP contribution in [0.15, 0.2) is 155 Å². The first kappa shape index (κ1) is 36.9. The van der Waals surface area contributed by atoms with Crippen LogP contribution < -0.4 is 16.6 Å². The fourth-order valence-electron chi connectivity index (χ4n) is 7.97. The Morgan fingerprint density at radius 2 is 0.934 bits per heavy atom. The largest absolute Gasteiger partial charge is 0.354 e. The molecule has 2 aliphatic heterocycles. The van der Waals surface area contributed by atoms with E-state index in [0.717, 1.165) is 77.8 Å². The summed E-state index contributed by atoms with van der Waals surface area (Å²) in [6.45, 7) is -0.539. The van der Waals surface area contributed by atoms with Gasteiger partial charge in [-0.05, 0) is 71.3 Å². The first-order chi connectivity index (χ1) is 29.9. The Hall–Kier alpha value is -8.44. The molecule has 294 valence electrons. The van der Waals surface area contributed by atoms with Gasteiger partial charge in [-0.15, -0.1) is 0 Å². The van der Waals surface area contributed by atoms with Crippen molar-refractivity contribution in [3.63, 3.8) is 0 Å². The van der Waals surface area contributed by atoms with Crippen LogP contribution in [0.25, 0.3) is 90.9 Å². The molecule has 6 heterocycles. The lowest BCUT2D eigenvalue weighted by Crippen LogP contribution is -2.34. The first-order valence-electron chi connectivity index (χ1n) is 19.6. The number of amides is 1. The van der Waals surface area contributed by atoms with Gasteiger partial charge in [0.15, 0.2) is 0 Å². The summed E-state index contributed by atoms with van der Waals surface area (Å²) < 4.78 is 15.0. The number of aromatic nitrogens is 6. The van der Waals surface area contributed by atoms with Crippen LogP contribution in [0, 0.1) is 5.82 Å². The summed E-state index contributed by atoms with van der Waals surface area (Å²) >= 11 is 0. The summed E-state index contributed by atoms with van der Waals surface area (Å²) in [5.41, 5.74) is 11.6. The van der Waals surface area contributed by atoms with E-state index >= 15 is 0 Å². The van der Waals surface area contributed by atoms with Crippen molar-refractivity contribution in [3.05, 3.63) is 195 Å². The molecule has 0 radical (unpaired) electrons. The van der Waals surface area contributed by atoms with E-state index in [1.54, 1.807) is 12.1 Å². The zero-order chi connectivity index (χ0) is 41.5. The molecule has 0 fully saturated rings. The Kier molecular flexibility index (Phi) is 9.30. The van der Waals surface area contributed by atoms with Crippen molar-refractivity contribution in [2.24, 2.45) is 0 Å².